The van der Waals surface area contributed by atoms with Crippen LogP contribution in [0.2, 0.25) is 0 Å². The molecule has 110 valence electrons. The Morgan fingerprint density at radius 3 is 2.42 bits per heavy atom. The van der Waals surface area contributed by atoms with Crippen molar-refractivity contribution in [1.29, 1.82) is 0 Å². The van der Waals surface area contributed by atoms with Crippen LogP contribution in [0.1, 0.15) is 39.0 Å². The third-order valence-electron chi connectivity index (χ3n) is 5.34. The van der Waals surface area contributed by atoms with Gasteiger partial charge in [-0.25, -0.2) is 0 Å². The van der Waals surface area contributed by atoms with Gasteiger partial charge in [-0.3, -0.25) is 4.90 Å². The molecule has 2 unspecified atom stereocenters. The summed E-state index contributed by atoms with van der Waals surface area (Å²) in [4.78, 5) is 2.58. The molecular formula is C16H30N2O. The van der Waals surface area contributed by atoms with Crippen molar-refractivity contribution >= 4 is 0 Å². The number of methoxy groups -OCH3 is 1. The number of hydrogen-bond acceptors (Lipinski definition) is 3. The summed E-state index contributed by atoms with van der Waals surface area (Å²) in [6.07, 6.45) is 7.62. The zero-order valence-electron chi connectivity index (χ0n) is 12.6. The van der Waals surface area contributed by atoms with Gasteiger partial charge in [0.15, 0.2) is 0 Å². The van der Waals surface area contributed by atoms with Crippen molar-refractivity contribution in [3.05, 3.63) is 0 Å². The number of hydrogen-bond donors (Lipinski definition) is 1. The maximum Gasteiger partial charge on any atom is 0.0724 e. The molecule has 0 aromatic carbocycles. The second-order valence-electron chi connectivity index (χ2n) is 7.00. The number of piperidine rings is 1. The second kappa shape index (κ2) is 6.11. The molecule has 0 aromatic rings. The minimum Gasteiger partial charge on any atom is -0.380 e. The Hall–Kier alpha value is -0.120. The normalized spacial score (nSPS) is 33.0. The van der Waals surface area contributed by atoms with Crippen LogP contribution < -0.4 is 5.32 Å². The molecule has 1 saturated heterocycles. The van der Waals surface area contributed by atoms with Crippen molar-refractivity contribution in [1.82, 2.24) is 10.2 Å². The van der Waals surface area contributed by atoms with Crippen LogP contribution in [0.5, 0.6) is 0 Å². The maximum absolute atomic E-state index is 5.60. The lowest BCUT2D eigenvalue weighted by molar-refractivity contribution is -0.00467. The molecule has 19 heavy (non-hydrogen) atoms. The standard InChI is InChI=1S/C16H30N2O/c1-12-7-9-18(11-15(12)19-2)10-8-17-16(13-3-4-13)14-5-6-14/h12-17H,3-11H2,1-2H3. The summed E-state index contributed by atoms with van der Waals surface area (Å²) in [5.74, 6) is 2.75. The predicted molar refractivity (Wildman–Crippen MR) is 78.3 cm³/mol. The molecule has 2 saturated carbocycles. The predicted octanol–water partition coefficient (Wildman–Crippen LogP) is 2.12. The minimum absolute atomic E-state index is 0.441. The van der Waals surface area contributed by atoms with Crippen LogP contribution in [-0.4, -0.2) is 50.3 Å². The molecule has 0 aromatic heterocycles. The van der Waals surface area contributed by atoms with Crippen LogP contribution in [0.25, 0.3) is 0 Å². The van der Waals surface area contributed by atoms with Crippen LogP contribution in [0.15, 0.2) is 0 Å². The second-order valence-corrected chi connectivity index (χ2v) is 7.00. The van der Waals surface area contributed by atoms with Gasteiger partial charge in [0, 0.05) is 32.8 Å². The Balaban J connectivity index is 1.37. The largest absolute Gasteiger partial charge is 0.380 e. The van der Waals surface area contributed by atoms with Gasteiger partial charge >= 0.3 is 0 Å². The summed E-state index contributed by atoms with van der Waals surface area (Å²) in [5.41, 5.74) is 0. The number of ether oxygens (including phenoxy) is 1. The molecule has 0 spiro atoms. The van der Waals surface area contributed by atoms with E-state index in [4.69, 9.17) is 4.74 Å². The summed E-state index contributed by atoms with van der Waals surface area (Å²) in [7, 11) is 1.86. The zero-order valence-corrected chi connectivity index (χ0v) is 12.6. The highest BCUT2D eigenvalue weighted by atomic mass is 16.5. The van der Waals surface area contributed by atoms with E-state index in [-0.39, 0.29) is 0 Å². The highest BCUT2D eigenvalue weighted by Gasteiger charge is 2.41. The number of rotatable bonds is 7. The summed E-state index contributed by atoms with van der Waals surface area (Å²) >= 11 is 0. The van der Waals surface area contributed by atoms with Gasteiger partial charge in [0.1, 0.15) is 0 Å². The molecule has 3 nitrogen and oxygen atoms in total. The summed E-state index contributed by atoms with van der Waals surface area (Å²) < 4.78 is 5.60. The van der Waals surface area contributed by atoms with Crippen molar-refractivity contribution < 1.29 is 4.74 Å². The highest BCUT2D eigenvalue weighted by Crippen LogP contribution is 2.44. The van der Waals surface area contributed by atoms with Gasteiger partial charge in [-0.1, -0.05) is 6.92 Å². The maximum atomic E-state index is 5.60. The van der Waals surface area contributed by atoms with Crippen molar-refractivity contribution in [2.75, 3.05) is 33.3 Å². The molecule has 1 heterocycles. The fourth-order valence-electron chi connectivity index (χ4n) is 3.63. The minimum atomic E-state index is 0.441. The summed E-state index contributed by atoms with van der Waals surface area (Å²) in [6, 6.07) is 0.849. The zero-order chi connectivity index (χ0) is 13.2. The Morgan fingerprint density at radius 1 is 1.16 bits per heavy atom. The van der Waals surface area contributed by atoms with Crippen LogP contribution >= 0.6 is 0 Å². The molecule has 2 atom stereocenters. The van der Waals surface area contributed by atoms with E-state index in [1.165, 1.54) is 51.7 Å². The number of nitrogens with one attached hydrogen (secondary N) is 1. The fraction of sp³-hybridized carbons (Fsp3) is 1.00. The first-order chi connectivity index (χ1) is 9.28. The number of nitrogens with zero attached hydrogens (tertiary/aromatic N) is 1. The van der Waals surface area contributed by atoms with Crippen LogP contribution in [0.4, 0.5) is 0 Å². The van der Waals surface area contributed by atoms with Crippen LogP contribution in [-0.2, 0) is 4.74 Å². The van der Waals surface area contributed by atoms with Crippen molar-refractivity contribution in [3.63, 3.8) is 0 Å². The Labute approximate surface area is 118 Å². The molecule has 0 amide bonds. The molecule has 3 fully saturated rings. The van der Waals surface area contributed by atoms with Crippen LogP contribution in [0, 0.1) is 17.8 Å². The van der Waals surface area contributed by atoms with Gasteiger partial charge in [0.25, 0.3) is 0 Å². The van der Waals surface area contributed by atoms with E-state index in [0.717, 1.165) is 30.3 Å². The van der Waals surface area contributed by atoms with E-state index >= 15 is 0 Å². The van der Waals surface area contributed by atoms with E-state index in [1.54, 1.807) is 0 Å². The van der Waals surface area contributed by atoms with E-state index in [2.05, 4.69) is 17.1 Å². The topological polar surface area (TPSA) is 24.5 Å². The van der Waals surface area contributed by atoms with Gasteiger partial charge in [-0.05, 0) is 56.4 Å². The summed E-state index contributed by atoms with van der Waals surface area (Å²) in [5, 5.41) is 3.85. The fourth-order valence-corrected chi connectivity index (χ4v) is 3.63. The summed E-state index contributed by atoms with van der Waals surface area (Å²) in [6.45, 7) is 7.06. The van der Waals surface area contributed by atoms with Crippen molar-refractivity contribution in [3.8, 4) is 0 Å². The van der Waals surface area contributed by atoms with Crippen molar-refractivity contribution in [2.24, 2.45) is 17.8 Å². The Bertz CT molecular complexity index is 276. The first-order valence-corrected chi connectivity index (χ1v) is 8.26. The van der Waals surface area contributed by atoms with E-state index in [1.807, 2.05) is 7.11 Å². The van der Waals surface area contributed by atoms with E-state index in [0.29, 0.717) is 6.10 Å². The molecule has 3 aliphatic rings. The molecule has 3 rings (SSSR count). The van der Waals surface area contributed by atoms with Crippen LogP contribution in [0.3, 0.4) is 0 Å². The molecule has 0 radical (unpaired) electrons. The molecule has 2 aliphatic carbocycles. The first-order valence-electron chi connectivity index (χ1n) is 8.26. The molecule has 1 aliphatic heterocycles. The van der Waals surface area contributed by atoms with Gasteiger partial charge in [-0.15, -0.1) is 0 Å². The smallest absolute Gasteiger partial charge is 0.0724 e. The lowest BCUT2D eigenvalue weighted by atomic mass is 9.96. The quantitative estimate of drug-likeness (QED) is 0.764. The third kappa shape index (κ3) is 3.71. The molecular weight excluding hydrogens is 236 g/mol. The monoisotopic (exact) mass is 266 g/mol. The van der Waals surface area contributed by atoms with Gasteiger partial charge in [-0.2, -0.15) is 0 Å². The SMILES string of the molecule is COC1CN(CCNC(C2CC2)C2CC2)CCC1C. The highest BCUT2D eigenvalue weighted by molar-refractivity contribution is 4.96. The average Bonchev–Trinajstić information content (AvgIpc) is 3.28. The van der Waals surface area contributed by atoms with Crippen molar-refractivity contribution in [2.45, 2.75) is 51.2 Å². The molecule has 0 bridgehead atoms. The van der Waals surface area contributed by atoms with E-state index in [9.17, 15) is 0 Å². The third-order valence-corrected chi connectivity index (χ3v) is 5.34. The average molecular weight is 266 g/mol. The first kappa shape index (κ1) is 13.8. The van der Waals surface area contributed by atoms with Gasteiger partial charge in [0.2, 0.25) is 0 Å². The Kier molecular flexibility index (Phi) is 4.45. The lowest BCUT2D eigenvalue weighted by Crippen LogP contribution is -2.47. The lowest BCUT2D eigenvalue weighted by Gasteiger charge is -2.36. The Morgan fingerprint density at radius 2 is 1.84 bits per heavy atom. The molecule has 3 heteroatoms. The number of likely N-dealkylation sites (tertiary alicyclic amines) is 1. The molecule has 1 N–H and O–H groups in total. The van der Waals surface area contributed by atoms with Gasteiger partial charge < -0.3 is 10.1 Å². The van der Waals surface area contributed by atoms with E-state index < -0.39 is 0 Å². The van der Waals surface area contributed by atoms with Gasteiger partial charge in [0.05, 0.1) is 6.10 Å².